The van der Waals surface area contributed by atoms with Crippen LogP contribution in [0.5, 0.6) is 0 Å². The number of hydrogen-bond donors (Lipinski definition) is 2. The average Bonchev–Trinajstić information content (AvgIpc) is 3.09. The Hall–Kier alpha value is -2.65. The molecule has 0 radical (unpaired) electrons. The van der Waals surface area contributed by atoms with E-state index in [0.29, 0.717) is 52.3 Å². The van der Waals surface area contributed by atoms with Crippen molar-refractivity contribution in [3.8, 4) is 0 Å². The first kappa shape index (κ1) is 26.4. The quantitative estimate of drug-likeness (QED) is 0.414. The number of likely N-dealkylation sites (tertiary alicyclic amines) is 1. The Morgan fingerprint density at radius 2 is 1.92 bits per heavy atom. The Bertz CT molecular complexity index is 1320. The van der Waals surface area contributed by atoms with Crippen LogP contribution in [0.3, 0.4) is 0 Å². The number of fused-ring (bicyclic) bond motifs is 1. The molecule has 0 spiro atoms. The van der Waals surface area contributed by atoms with E-state index in [2.05, 4.69) is 36.6 Å². The van der Waals surface area contributed by atoms with Crippen LogP contribution >= 0.6 is 25.2 Å². The van der Waals surface area contributed by atoms with Gasteiger partial charge < -0.3 is 15.5 Å². The molecule has 1 aromatic carbocycles. The second-order valence-electron chi connectivity index (χ2n) is 9.01. The van der Waals surface area contributed by atoms with Crippen molar-refractivity contribution in [3.05, 3.63) is 51.4 Å². The highest BCUT2D eigenvalue weighted by atomic mass is 79.9. The lowest BCUT2D eigenvalue weighted by Crippen LogP contribution is -2.43. The van der Waals surface area contributed by atoms with E-state index in [4.69, 9.17) is 0 Å². The second kappa shape index (κ2) is 10.4. The summed E-state index contributed by atoms with van der Waals surface area (Å²) < 4.78 is 30.8. The Labute approximate surface area is 218 Å². The number of carbonyl (C=O) groups is 2. The minimum absolute atomic E-state index is 0.0668. The summed E-state index contributed by atoms with van der Waals surface area (Å²) in [6, 6.07) is 6.05. The number of piperidine rings is 1. The number of benzene rings is 1. The van der Waals surface area contributed by atoms with Gasteiger partial charge in [-0.3, -0.25) is 9.48 Å². The van der Waals surface area contributed by atoms with E-state index in [-0.39, 0.29) is 11.6 Å². The van der Waals surface area contributed by atoms with Crippen LogP contribution in [-0.4, -0.2) is 51.7 Å². The minimum Gasteiger partial charge on any atom is -0.341 e. The minimum atomic E-state index is -3.28. The summed E-state index contributed by atoms with van der Waals surface area (Å²) in [5, 5.41) is 10.6. The van der Waals surface area contributed by atoms with Crippen molar-refractivity contribution in [1.29, 1.82) is 0 Å². The number of hydrogen-bond acceptors (Lipinski definition) is 4. The normalized spacial score (nSPS) is 14.8. The summed E-state index contributed by atoms with van der Waals surface area (Å²) in [7, 11) is 3.10. The number of carbonyl (C=O) groups excluding carboxylic acids is 2. The lowest BCUT2D eigenvalue weighted by Gasteiger charge is -2.31. The van der Waals surface area contributed by atoms with E-state index in [0.717, 1.165) is 24.6 Å². The van der Waals surface area contributed by atoms with E-state index in [9.17, 15) is 18.4 Å². The lowest BCUT2D eigenvalue weighted by molar-refractivity contribution is 0.0983. The van der Waals surface area contributed by atoms with Gasteiger partial charge in [0.05, 0.1) is 28.2 Å². The molecule has 1 fully saturated rings. The van der Waals surface area contributed by atoms with E-state index in [1.54, 1.807) is 37.1 Å². The second-order valence-corrected chi connectivity index (χ2v) is 10.6. The zero-order valence-electron chi connectivity index (χ0n) is 20.2. The van der Waals surface area contributed by atoms with Gasteiger partial charge in [-0.15, -0.1) is 0 Å². The summed E-state index contributed by atoms with van der Waals surface area (Å²) in [6.45, 7) is 5.70. The molecule has 2 N–H and O–H groups in total. The number of amides is 3. The SMILES string of the molecule is CNC(=O)N1CCC(Cn2nc(C)c(NC(=O)c3cc(C(F)(F)P)nc4ccc(Br)cc34)c2C)CC1. The number of anilines is 1. The molecule has 0 bridgehead atoms. The van der Waals surface area contributed by atoms with Crippen molar-refractivity contribution in [1.82, 2.24) is 25.0 Å². The largest absolute Gasteiger partial charge is 0.341 e. The van der Waals surface area contributed by atoms with Gasteiger partial charge in [-0.1, -0.05) is 25.2 Å². The summed E-state index contributed by atoms with van der Waals surface area (Å²) >= 11 is 3.38. The molecule has 3 heterocycles. The van der Waals surface area contributed by atoms with Gasteiger partial charge in [0.25, 0.3) is 11.6 Å². The van der Waals surface area contributed by atoms with Gasteiger partial charge in [-0.25, -0.2) is 9.78 Å². The molecule has 1 unspecified atom stereocenters. The molecule has 1 atom stereocenters. The molecule has 0 aliphatic carbocycles. The summed E-state index contributed by atoms with van der Waals surface area (Å²) in [6.07, 6.45) is 1.72. The fourth-order valence-corrected chi connectivity index (χ4v) is 5.02. The number of rotatable bonds is 5. The lowest BCUT2D eigenvalue weighted by atomic mass is 9.97. The molecule has 12 heteroatoms. The van der Waals surface area contributed by atoms with E-state index in [1.807, 2.05) is 11.6 Å². The predicted octanol–water partition coefficient (Wildman–Crippen LogP) is 5.04. The Balaban J connectivity index is 1.57. The Morgan fingerprint density at radius 1 is 1.22 bits per heavy atom. The zero-order chi connectivity index (χ0) is 26.2. The highest BCUT2D eigenvalue weighted by Crippen LogP contribution is 2.36. The van der Waals surface area contributed by atoms with Crippen molar-refractivity contribution < 1.29 is 18.4 Å². The number of aromatic nitrogens is 3. The molecule has 1 aliphatic heterocycles. The van der Waals surface area contributed by atoms with Crippen molar-refractivity contribution in [2.24, 2.45) is 5.92 Å². The number of pyridine rings is 1. The number of halogens is 3. The van der Waals surface area contributed by atoms with Gasteiger partial charge in [0.2, 0.25) is 0 Å². The molecular weight excluding hydrogens is 553 g/mol. The van der Waals surface area contributed by atoms with Crippen LogP contribution in [0.1, 0.15) is 40.3 Å². The van der Waals surface area contributed by atoms with Crippen LogP contribution in [0.2, 0.25) is 0 Å². The maximum absolute atomic E-state index is 14.1. The first-order valence-electron chi connectivity index (χ1n) is 11.6. The van der Waals surface area contributed by atoms with E-state index in [1.165, 1.54) is 9.24 Å². The third-order valence-electron chi connectivity index (χ3n) is 6.52. The topological polar surface area (TPSA) is 92.2 Å². The fraction of sp³-hybridized carbons (Fsp3) is 0.417. The van der Waals surface area contributed by atoms with Gasteiger partial charge in [0.1, 0.15) is 5.69 Å². The maximum atomic E-state index is 14.1. The van der Waals surface area contributed by atoms with Gasteiger partial charge >= 0.3 is 6.03 Å². The van der Waals surface area contributed by atoms with Crippen molar-refractivity contribution >= 4 is 53.7 Å². The first-order valence-corrected chi connectivity index (χ1v) is 12.9. The third kappa shape index (κ3) is 5.52. The highest BCUT2D eigenvalue weighted by molar-refractivity contribution is 9.10. The number of urea groups is 1. The van der Waals surface area contributed by atoms with Gasteiger partial charge in [-0.2, -0.15) is 13.9 Å². The molecule has 192 valence electrons. The molecule has 2 aromatic heterocycles. The smallest absolute Gasteiger partial charge is 0.317 e. The molecular formula is C24H28BrF2N6O2P. The molecule has 3 amide bonds. The Kier molecular flexibility index (Phi) is 7.61. The molecule has 4 rings (SSSR count). The van der Waals surface area contributed by atoms with E-state index < -0.39 is 17.3 Å². The van der Waals surface area contributed by atoms with Crippen molar-refractivity contribution in [2.75, 3.05) is 25.5 Å². The molecule has 1 aliphatic rings. The molecule has 8 nitrogen and oxygen atoms in total. The van der Waals surface area contributed by atoms with Crippen molar-refractivity contribution in [3.63, 3.8) is 0 Å². The molecule has 0 saturated carbocycles. The fourth-order valence-electron chi connectivity index (χ4n) is 4.51. The van der Waals surface area contributed by atoms with E-state index >= 15 is 0 Å². The first-order chi connectivity index (χ1) is 17.0. The number of aryl methyl sites for hydroxylation is 1. The maximum Gasteiger partial charge on any atom is 0.317 e. The van der Waals surface area contributed by atoms with Crippen LogP contribution < -0.4 is 10.6 Å². The van der Waals surface area contributed by atoms with Crippen LogP contribution in [-0.2, 0) is 12.2 Å². The van der Waals surface area contributed by atoms with Crippen LogP contribution in [0, 0.1) is 19.8 Å². The number of nitrogens with one attached hydrogen (secondary N) is 2. The third-order valence-corrected chi connectivity index (χ3v) is 7.31. The summed E-state index contributed by atoms with van der Waals surface area (Å²) in [4.78, 5) is 31.0. The highest BCUT2D eigenvalue weighted by Gasteiger charge is 2.29. The predicted molar refractivity (Wildman–Crippen MR) is 141 cm³/mol. The summed E-state index contributed by atoms with van der Waals surface area (Å²) in [5.41, 5.74) is -1.39. The summed E-state index contributed by atoms with van der Waals surface area (Å²) in [5.74, 6) is -0.165. The molecule has 3 aromatic rings. The van der Waals surface area contributed by atoms with Crippen LogP contribution in [0.25, 0.3) is 10.9 Å². The monoisotopic (exact) mass is 580 g/mol. The Morgan fingerprint density at radius 3 is 2.56 bits per heavy atom. The van der Waals surface area contributed by atoms with Gasteiger partial charge in [-0.05, 0) is 56.9 Å². The number of alkyl halides is 2. The molecule has 1 saturated heterocycles. The van der Waals surface area contributed by atoms with Gasteiger partial charge in [0.15, 0.2) is 0 Å². The van der Waals surface area contributed by atoms with Crippen LogP contribution in [0.15, 0.2) is 28.7 Å². The van der Waals surface area contributed by atoms with Crippen LogP contribution in [0.4, 0.5) is 19.3 Å². The van der Waals surface area contributed by atoms with Crippen molar-refractivity contribution in [2.45, 2.75) is 38.9 Å². The molecule has 36 heavy (non-hydrogen) atoms. The number of nitrogens with zero attached hydrogens (tertiary/aromatic N) is 4. The van der Waals surface area contributed by atoms with Gasteiger partial charge in [0, 0.05) is 36.5 Å². The average molecular weight is 581 g/mol. The zero-order valence-corrected chi connectivity index (χ0v) is 23.0. The standard InChI is InChI=1S/C24H28BrF2N6O2P/c1-13-21(14(2)33(31-13)12-15-6-8-32(9-7-15)23(35)28-3)30-22(34)18-11-20(24(26,27)36)29-19-5-4-16(25)10-17(18)19/h4-5,10-11,15H,6-9,12,36H2,1-3H3,(H,28,35)(H,30,34).